The van der Waals surface area contributed by atoms with E-state index >= 15 is 0 Å². The summed E-state index contributed by atoms with van der Waals surface area (Å²) in [6, 6.07) is -0.505. The summed E-state index contributed by atoms with van der Waals surface area (Å²) in [6.07, 6.45) is 0.385. The van der Waals surface area contributed by atoms with Gasteiger partial charge in [-0.05, 0) is 0 Å². The molecular formula is C9H18N4O3. The van der Waals surface area contributed by atoms with Crippen LogP contribution in [0.2, 0.25) is 0 Å². The Morgan fingerprint density at radius 1 is 1.38 bits per heavy atom. The highest BCUT2D eigenvalue weighted by Gasteiger charge is 2.16. The fraction of sp³-hybridized carbons (Fsp3) is 0.778. The minimum atomic E-state index is -0.586. The summed E-state index contributed by atoms with van der Waals surface area (Å²) in [6.45, 7) is 2.76. The van der Waals surface area contributed by atoms with Crippen LogP contribution in [0, 0.1) is 0 Å². The lowest BCUT2D eigenvalue weighted by atomic mass is 10.2. The van der Waals surface area contributed by atoms with E-state index in [1.807, 2.05) is 0 Å². The van der Waals surface area contributed by atoms with E-state index in [2.05, 4.69) is 16.0 Å². The van der Waals surface area contributed by atoms with Crippen molar-refractivity contribution in [1.29, 1.82) is 0 Å². The highest BCUT2D eigenvalue weighted by molar-refractivity contribution is 5.76. The van der Waals surface area contributed by atoms with Crippen LogP contribution in [-0.2, 0) is 9.53 Å². The second-order valence-corrected chi connectivity index (χ2v) is 3.57. The molecule has 1 atom stereocenters. The van der Waals surface area contributed by atoms with Gasteiger partial charge in [-0.3, -0.25) is 4.79 Å². The molecule has 1 rings (SSSR count). The molecule has 7 heteroatoms. The number of nitrogens with one attached hydrogen (secondary N) is 3. The number of nitrogens with two attached hydrogens (primary N) is 1. The van der Waals surface area contributed by atoms with E-state index in [-0.39, 0.29) is 11.9 Å². The Morgan fingerprint density at radius 3 is 2.75 bits per heavy atom. The molecule has 0 bridgehead atoms. The summed E-state index contributed by atoms with van der Waals surface area (Å²) in [4.78, 5) is 21.7. The van der Waals surface area contributed by atoms with Crippen molar-refractivity contribution in [1.82, 2.24) is 16.0 Å². The molecule has 1 heterocycles. The third-order valence-corrected chi connectivity index (χ3v) is 2.18. The fourth-order valence-electron chi connectivity index (χ4n) is 1.43. The molecule has 1 unspecified atom stereocenters. The molecule has 1 aliphatic rings. The van der Waals surface area contributed by atoms with Gasteiger partial charge in [-0.2, -0.15) is 0 Å². The molecule has 0 aromatic heterocycles. The van der Waals surface area contributed by atoms with Crippen LogP contribution in [0.4, 0.5) is 4.79 Å². The van der Waals surface area contributed by atoms with Crippen LogP contribution in [0.15, 0.2) is 0 Å². The molecule has 0 aromatic rings. The van der Waals surface area contributed by atoms with Crippen molar-refractivity contribution in [2.75, 3.05) is 32.8 Å². The number of ether oxygens (including phenoxy) is 1. The van der Waals surface area contributed by atoms with Gasteiger partial charge in [0, 0.05) is 32.1 Å². The van der Waals surface area contributed by atoms with E-state index in [9.17, 15) is 9.59 Å². The van der Waals surface area contributed by atoms with Crippen LogP contribution in [0.1, 0.15) is 6.42 Å². The molecule has 0 saturated carbocycles. The van der Waals surface area contributed by atoms with Crippen molar-refractivity contribution in [2.45, 2.75) is 12.5 Å². The van der Waals surface area contributed by atoms with Gasteiger partial charge in [0.25, 0.3) is 0 Å². The van der Waals surface area contributed by atoms with E-state index in [1.54, 1.807) is 0 Å². The largest absolute Gasteiger partial charge is 0.378 e. The maximum Gasteiger partial charge on any atom is 0.312 e. The predicted molar refractivity (Wildman–Crippen MR) is 57.8 cm³/mol. The zero-order valence-corrected chi connectivity index (χ0v) is 9.12. The first kappa shape index (κ1) is 12.7. The van der Waals surface area contributed by atoms with Gasteiger partial charge in [0.1, 0.15) is 0 Å². The highest BCUT2D eigenvalue weighted by atomic mass is 16.5. The number of amides is 3. The Morgan fingerprint density at radius 2 is 2.12 bits per heavy atom. The molecule has 1 aliphatic heterocycles. The van der Waals surface area contributed by atoms with Crippen LogP contribution < -0.4 is 21.7 Å². The quantitative estimate of drug-likeness (QED) is 0.416. The lowest BCUT2D eigenvalue weighted by Crippen LogP contribution is -2.45. The standard InChI is InChI=1S/C9H18N4O3/c10-9(15)13-2-1-12-8(14)5-7-6-16-4-3-11-7/h7,11H,1-6H2,(H,12,14)(H3,10,13,15). The Balaban J connectivity index is 2.03. The van der Waals surface area contributed by atoms with Crippen LogP contribution in [0.25, 0.3) is 0 Å². The number of morpholine rings is 1. The number of hydrogen-bond donors (Lipinski definition) is 4. The molecule has 16 heavy (non-hydrogen) atoms. The zero-order chi connectivity index (χ0) is 11.8. The minimum Gasteiger partial charge on any atom is -0.378 e. The van der Waals surface area contributed by atoms with Crippen molar-refractivity contribution in [2.24, 2.45) is 5.73 Å². The molecule has 7 nitrogen and oxygen atoms in total. The van der Waals surface area contributed by atoms with Gasteiger partial charge < -0.3 is 26.4 Å². The molecule has 3 amide bonds. The molecule has 1 fully saturated rings. The Bertz CT molecular complexity index is 241. The van der Waals surface area contributed by atoms with Gasteiger partial charge in [0.2, 0.25) is 5.91 Å². The van der Waals surface area contributed by atoms with Crippen LogP contribution in [0.3, 0.4) is 0 Å². The topological polar surface area (TPSA) is 105 Å². The third-order valence-electron chi connectivity index (χ3n) is 2.18. The molecule has 0 radical (unpaired) electrons. The lowest BCUT2D eigenvalue weighted by molar-refractivity contribution is -0.122. The van der Waals surface area contributed by atoms with Gasteiger partial charge in [-0.1, -0.05) is 0 Å². The summed E-state index contributed by atoms with van der Waals surface area (Å²) < 4.78 is 5.22. The summed E-state index contributed by atoms with van der Waals surface area (Å²) in [5.41, 5.74) is 4.87. The molecule has 0 aliphatic carbocycles. The second-order valence-electron chi connectivity index (χ2n) is 3.57. The van der Waals surface area contributed by atoms with Crippen molar-refractivity contribution in [3.63, 3.8) is 0 Å². The van der Waals surface area contributed by atoms with Crippen molar-refractivity contribution >= 4 is 11.9 Å². The SMILES string of the molecule is NC(=O)NCCNC(=O)CC1COCCN1. The normalized spacial score (nSPS) is 20.1. The highest BCUT2D eigenvalue weighted by Crippen LogP contribution is 1.97. The summed E-state index contributed by atoms with van der Waals surface area (Å²) in [7, 11) is 0. The van der Waals surface area contributed by atoms with E-state index < -0.39 is 6.03 Å². The lowest BCUT2D eigenvalue weighted by Gasteiger charge is -2.23. The number of hydrogen-bond acceptors (Lipinski definition) is 4. The summed E-state index contributed by atoms with van der Waals surface area (Å²) in [5, 5.41) is 8.25. The van der Waals surface area contributed by atoms with Crippen molar-refractivity contribution in [3.8, 4) is 0 Å². The van der Waals surface area contributed by atoms with Gasteiger partial charge in [-0.15, -0.1) is 0 Å². The average Bonchev–Trinajstić information content (AvgIpc) is 2.25. The average molecular weight is 230 g/mol. The van der Waals surface area contributed by atoms with Gasteiger partial charge in [0.05, 0.1) is 13.2 Å². The minimum absolute atomic E-state index is 0.0609. The monoisotopic (exact) mass is 230 g/mol. The second kappa shape index (κ2) is 7.02. The zero-order valence-electron chi connectivity index (χ0n) is 9.12. The van der Waals surface area contributed by atoms with E-state index in [1.165, 1.54) is 0 Å². The number of rotatable bonds is 5. The number of carbonyl (C=O) groups excluding carboxylic acids is 2. The maximum atomic E-state index is 11.4. The maximum absolute atomic E-state index is 11.4. The Labute approximate surface area is 94.1 Å². The molecule has 92 valence electrons. The van der Waals surface area contributed by atoms with Gasteiger partial charge in [0.15, 0.2) is 0 Å². The van der Waals surface area contributed by atoms with Gasteiger partial charge >= 0.3 is 6.03 Å². The number of carbonyl (C=O) groups is 2. The smallest absolute Gasteiger partial charge is 0.312 e. The summed E-state index contributed by atoms with van der Waals surface area (Å²) >= 11 is 0. The van der Waals surface area contributed by atoms with Crippen molar-refractivity contribution in [3.05, 3.63) is 0 Å². The summed E-state index contributed by atoms with van der Waals surface area (Å²) in [5.74, 6) is -0.0609. The van der Waals surface area contributed by atoms with Crippen molar-refractivity contribution < 1.29 is 14.3 Å². The van der Waals surface area contributed by atoms with E-state index in [0.717, 1.165) is 6.54 Å². The predicted octanol–water partition coefficient (Wildman–Crippen LogP) is -1.85. The van der Waals surface area contributed by atoms with Crippen LogP contribution >= 0.6 is 0 Å². The third kappa shape index (κ3) is 5.52. The first-order chi connectivity index (χ1) is 7.68. The van der Waals surface area contributed by atoms with Crippen LogP contribution in [-0.4, -0.2) is 50.8 Å². The van der Waals surface area contributed by atoms with Gasteiger partial charge in [-0.25, -0.2) is 4.79 Å². The number of urea groups is 1. The Kier molecular flexibility index (Phi) is 5.58. The number of primary amides is 1. The first-order valence-corrected chi connectivity index (χ1v) is 5.29. The van der Waals surface area contributed by atoms with E-state index in [0.29, 0.717) is 32.7 Å². The Hall–Kier alpha value is -1.34. The first-order valence-electron chi connectivity index (χ1n) is 5.29. The van der Waals surface area contributed by atoms with Crippen LogP contribution in [0.5, 0.6) is 0 Å². The molecule has 1 saturated heterocycles. The van der Waals surface area contributed by atoms with E-state index in [4.69, 9.17) is 10.5 Å². The molecule has 0 spiro atoms. The molecule has 5 N–H and O–H groups in total. The molecule has 0 aromatic carbocycles. The fourth-order valence-corrected chi connectivity index (χ4v) is 1.43. The molecular weight excluding hydrogens is 212 g/mol.